The second-order valence-electron chi connectivity index (χ2n) is 13.4. The molecule has 0 radical (unpaired) electrons. The Morgan fingerprint density at radius 2 is 1.83 bits per heavy atom. The number of ether oxygens (including phenoxy) is 1. The van der Waals surface area contributed by atoms with E-state index >= 15 is 0 Å². The molecule has 46 heavy (non-hydrogen) atoms. The van der Waals surface area contributed by atoms with Gasteiger partial charge >= 0.3 is 0 Å². The Bertz CT molecular complexity index is 1700. The van der Waals surface area contributed by atoms with Crippen molar-refractivity contribution >= 4 is 68.5 Å². The minimum absolute atomic E-state index is 0.0640. The molecule has 1 aromatic heterocycles. The lowest BCUT2D eigenvalue weighted by atomic mass is 9.76. The van der Waals surface area contributed by atoms with Gasteiger partial charge in [0.25, 0.3) is 16.0 Å². The van der Waals surface area contributed by atoms with Gasteiger partial charge in [-0.1, -0.05) is 68.4 Å². The minimum atomic E-state index is -4.06. The molecule has 2 aliphatic heterocycles. The quantitative estimate of drug-likeness (QED) is 0.181. The Morgan fingerprint density at radius 3 is 2.46 bits per heavy atom. The number of benzene rings is 2. The first-order valence-corrected chi connectivity index (χ1v) is 22.0. The fourth-order valence-corrected chi connectivity index (χ4v) is 9.70. The van der Waals surface area contributed by atoms with Crippen LogP contribution < -0.4 is 5.32 Å². The van der Waals surface area contributed by atoms with Crippen molar-refractivity contribution in [2.24, 2.45) is 10.9 Å². The molecule has 3 aromatic rings. The molecule has 3 heterocycles. The zero-order valence-electron chi connectivity index (χ0n) is 26.8. The number of rotatable bonds is 9. The summed E-state index contributed by atoms with van der Waals surface area (Å²) in [6.45, 7) is 12.8. The number of carbonyl (C=O) groups is 1. The summed E-state index contributed by atoms with van der Waals surface area (Å²) in [5, 5.41) is 6.06. The van der Waals surface area contributed by atoms with Gasteiger partial charge < -0.3 is 14.5 Å². The molecule has 9 nitrogen and oxygen atoms in total. The molecule has 1 fully saturated rings. The van der Waals surface area contributed by atoms with Crippen molar-refractivity contribution < 1.29 is 26.6 Å². The van der Waals surface area contributed by atoms with Gasteiger partial charge in [0.05, 0.1) is 24.7 Å². The smallest absolute Gasteiger partial charge is 0.297 e. The van der Waals surface area contributed by atoms with E-state index in [0.29, 0.717) is 27.5 Å². The molecule has 248 valence electrons. The van der Waals surface area contributed by atoms with Gasteiger partial charge in [0.2, 0.25) is 0 Å². The molecule has 1 saturated heterocycles. The molecule has 0 aliphatic carbocycles. The summed E-state index contributed by atoms with van der Waals surface area (Å²) in [7, 11) is -6.31. The molecule has 14 heteroatoms. The molecular weight excluding hydrogens is 727 g/mol. The number of thiazole rings is 1. The number of carbonyl (C=O) groups excluding carboxylic acids is 1. The third-order valence-electron chi connectivity index (χ3n) is 9.01. The van der Waals surface area contributed by atoms with Gasteiger partial charge in [-0.25, -0.2) is 9.98 Å². The number of hydrogen-bond acceptors (Lipinski definition) is 10. The average molecular weight is 767 g/mol. The SMILES string of the molecule is Cc1ccc(S(=O)(=O)OC[C@]2(CO[Si](C)(C)C(C)(C)C)C[C@H]3CSC(NC(=O)c4ccccc4)=N[C@@]3(c3nc(Br)cs3)CO2)cc1. The summed E-state index contributed by atoms with van der Waals surface area (Å²) in [4.78, 5) is 23.0. The van der Waals surface area contributed by atoms with Crippen molar-refractivity contribution in [1.29, 1.82) is 0 Å². The van der Waals surface area contributed by atoms with E-state index < -0.39 is 29.6 Å². The molecule has 5 rings (SSSR count). The Kier molecular flexibility index (Phi) is 10.4. The van der Waals surface area contributed by atoms with E-state index in [1.165, 1.54) is 23.1 Å². The maximum absolute atomic E-state index is 13.3. The van der Waals surface area contributed by atoms with Gasteiger partial charge in [0, 0.05) is 22.6 Å². The van der Waals surface area contributed by atoms with E-state index in [0.717, 1.165) is 10.6 Å². The first kappa shape index (κ1) is 35.4. The summed E-state index contributed by atoms with van der Waals surface area (Å²) < 4.78 is 46.5. The number of aliphatic imine (C=N–C) groups is 1. The first-order chi connectivity index (χ1) is 21.5. The average Bonchev–Trinajstić information content (AvgIpc) is 3.46. The predicted octanol–water partition coefficient (Wildman–Crippen LogP) is 7.14. The standard InChI is InChI=1S/C32H40BrN3O6S3Si/c1-22-12-14-25(15-13-22)45(38,39)41-19-31(20-42-46(5,6)30(2,3)4)16-24-17-44-29(35-27(37)23-10-8-7-9-11-23)36-32(24,21-40-31)28-34-26(33)18-43-28/h7-15,18,24H,16-17,19-21H2,1-6H3,(H,35,36,37)/t24-,31-,32-/m0/s1. The van der Waals surface area contributed by atoms with Crippen molar-refractivity contribution in [3.05, 3.63) is 80.7 Å². The molecular formula is C32H40BrN3O6S3Si. The van der Waals surface area contributed by atoms with Crippen molar-refractivity contribution in [1.82, 2.24) is 10.3 Å². The largest absolute Gasteiger partial charge is 0.414 e. The van der Waals surface area contributed by atoms with Crippen LogP contribution in [0.3, 0.4) is 0 Å². The maximum Gasteiger partial charge on any atom is 0.297 e. The second-order valence-corrected chi connectivity index (χ2v) is 22.5. The Hall–Kier alpha value is -1.91. The van der Waals surface area contributed by atoms with E-state index in [1.54, 1.807) is 36.4 Å². The number of thioether (sulfide) groups is 1. The highest BCUT2D eigenvalue weighted by Crippen LogP contribution is 2.50. The second kappa shape index (κ2) is 13.5. The van der Waals surface area contributed by atoms with Gasteiger partial charge in [-0.15, -0.1) is 11.3 Å². The molecule has 1 amide bonds. The van der Waals surface area contributed by atoms with E-state index in [1.807, 2.05) is 30.5 Å². The number of aromatic nitrogens is 1. The summed E-state index contributed by atoms with van der Waals surface area (Å²) in [5.41, 5.74) is -0.463. The van der Waals surface area contributed by atoms with Crippen LogP contribution in [-0.2, 0) is 29.0 Å². The lowest BCUT2D eigenvalue weighted by Crippen LogP contribution is -2.59. The third-order valence-corrected chi connectivity index (χ3v) is 17.5. The summed E-state index contributed by atoms with van der Waals surface area (Å²) >= 11 is 6.42. The van der Waals surface area contributed by atoms with Gasteiger partial charge in [-0.3, -0.25) is 8.98 Å². The van der Waals surface area contributed by atoms with Gasteiger partial charge in [0.1, 0.15) is 20.8 Å². The molecule has 0 saturated carbocycles. The number of halogens is 1. The molecule has 1 N–H and O–H groups in total. The van der Waals surface area contributed by atoms with Crippen molar-refractivity contribution in [3.8, 4) is 0 Å². The van der Waals surface area contributed by atoms with E-state index in [-0.39, 0.29) is 41.6 Å². The van der Waals surface area contributed by atoms with Gasteiger partial charge in [-0.2, -0.15) is 8.42 Å². The molecule has 2 aromatic carbocycles. The van der Waals surface area contributed by atoms with Crippen LogP contribution in [0.2, 0.25) is 18.1 Å². The highest BCUT2D eigenvalue weighted by molar-refractivity contribution is 9.10. The molecule has 0 bridgehead atoms. The Balaban J connectivity index is 1.46. The monoisotopic (exact) mass is 765 g/mol. The molecule has 2 aliphatic rings. The highest BCUT2D eigenvalue weighted by atomic mass is 79.9. The number of amides is 1. The van der Waals surface area contributed by atoms with E-state index in [4.69, 9.17) is 23.3 Å². The minimum Gasteiger partial charge on any atom is -0.414 e. The number of amidine groups is 1. The number of nitrogens with one attached hydrogen (secondary N) is 1. The number of fused-ring (bicyclic) bond motifs is 1. The maximum atomic E-state index is 13.3. The van der Waals surface area contributed by atoms with Crippen LogP contribution >= 0.6 is 39.0 Å². The van der Waals surface area contributed by atoms with Crippen LogP contribution in [0, 0.1) is 12.8 Å². The molecule has 0 unspecified atom stereocenters. The first-order valence-electron chi connectivity index (χ1n) is 15.0. The topological polar surface area (TPSA) is 116 Å². The Morgan fingerprint density at radius 1 is 1.13 bits per heavy atom. The van der Waals surface area contributed by atoms with Crippen LogP contribution in [-0.4, -0.2) is 64.0 Å². The summed E-state index contributed by atoms with van der Waals surface area (Å²) in [5.74, 6) is 0.237. The van der Waals surface area contributed by atoms with Gasteiger partial charge in [-0.05, 0) is 71.7 Å². The lowest BCUT2D eigenvalue weighted by Gasteiger charge is -2.51. The third kappa shape index (κ3) is 7.70. The number of aryl methyl sites for hydroxylation is 1. The summed E-state index contributed by atoms with van der Waals surface area (Å²) in [6.07, 6.45) is 0.415. The fourth-order valence-electron chi connectivity index (χ4n) is 5.06. The zero-order valence-corrected chi connectivity index (χ0v) is 31.9. The van der Waals surface area contributed by atoms with Crippen molar-refractivity contribution in [2.45, 2.75) is 68.3 Å². The molecule has 0 spiro atoms. The number of hydrogen-bond donors (Lipinski definition) is 1. The van der Waals surface area contributed by atoms with Crippen LogP contribution in [0.4, 0.5) is 0 Å². The van der Waals surface area contributed by atoms with E-state index in [9.17, 15) is 13.2 Å². The van der Waals surface area contributed by atoms with Crippen LogP contribution in [0.1, 0.15) is 48.1 Å². The molecule has 3 atom stereocenters. The Labute approximate surface area is 289 Å². The van der Waals surface area contributed by atoms with Crippen molar-refractivity contribution in [3.63, 3.8) is 0 Å². The van der Waals surface area contributed by atoms with Crippen molar-refractivity contribution in [2.75, 3.05) is 25.6 Å². The normalized spacial score (nSPS) is 23.8. The van der Waals surface area contributed by atoms with Gasteiger partial charge in [0.15, 0.2) is 13.5 Å². The highest BCUT2D eigenvalue weighted by Gasteiger charge is 2.56. The van der Waals surface area contributed by atoms with E-state index in [2.05, 4.69) is 55.1 Å². The zero-order chi connectivity index (χ0) is 33.4. The summed E-state index contributed by atoms with van der Waals surface area (Å²) in [6, 6.07) is 15.6. The fraction of sp³-hybridized carbons (Fsp3) is 0.469. The van der Waals surface area contributed by atoms with Crippen LogP contribution in [0.5, 0.6) is 0 Å². The number of nitrogens with zero attached hydrogens (tertiary/aromatic N) is 2. The van der Waals surface area contributed by atoms with Crippen LogP contribution in [0.25, 0.3) is 0 Å². The van der Waals surface area contributed by atoms with Crippen LogP contribution in [0.15, 0.2) is 74.5 Å². The predicted molar refractivity (Wildman–Crippen MR) is 190 cm³/mol. The lowest BCUT2D eigenvalue weighted by molar-refractivity contribution is -0.164.